The van der Waals surface area contributed by atoms with Gasteiger partial charge in [-0.05, 0) is 43.1 Å². The number of hydrogen-bond acceptors (Lipinski definition) is 3. The van der Waals surface area contributed by atoms with Crippen molar-refractivity contribution in [3.05, 3.63) is 18.0 Å². The Morgan fingerprint density at radius 3 is 2.60 bits per heavy atom. The summed E-state index contributed by atoms with van der Waals surface area (Å²) >= 11 is 0. The fourth-order valence-corrected chi connectivity index (χ4v) is 3.43. The summed E-state index contributed by atoms with van der Waals surface area (Å²) in [5.41, 5.74) is 0.643. The molecule has 3 N–H and O–H groups in total. The van der Waals surface area contributed by atoms with Crippen LogP contribution >= 0.6 is 0 Å². The molecule has 6 nitrogen and oxygen atoms in total. The smallest absolute Gasteiger partial charge is 0.267 e. The highest BCUT2D eigenvalue weighted by Crippen LogP contribution is 2.60. The van der Waals surface area contributed by atoms with E-state index in [1.165, 1.54) is 42.5 Å². The maximum atomic E-state index is 12.2. The molecule has 1 aromatic rings. The molecule has 0 aliphatic heterocycles. The number of nitrogens with one attached hydrogen (secondary N) is 1. The molecular formula is C13H19N3O3S. The Kier molecular flexibility index (Phi) is 2.95. The lowest BCUT2D eigenvalue weighted by Gasteiger charge is -2.15. The molecule has 7 heteroatoms. The summed E-state index contributed by atoms with van der Waals surface area (Å²) in [6.45, 7) is 0.687. The zero-order chi connectivity index (χ0) is 14.5. The summed E-state index contributed by atoms with van der Waals surface area (Å²) in [6.07, 6.45) is 6.28. The fraction of sp³-hybridized carbons (Fsp3) is 0.615. The average Bonchev–Trinajstić information content (AvgIpc) is 3.22. The van der Waals surface area contributed by atoms with Crippen LogP contribution in [0.1, 0.15) is 36.2 Å². The molecule has 0 spiro atoms. The molecule has 0 bridgehead atoms. The molecule has 1 heterocycles. The van der Waals surface area contributed by atoms with Crippen molar-refractivity contribution < 1.29 is 13.2 Å². The van der Waals surface area contributed by atoms with Crippen molar-refractivity contribution in [2.24, 2.45) is 23.5 Å². The van der Waals surface area contributed by atoms with Crippen molar-refractivity contribution in [3.63, 3.8) is 0 Å². The molecule has 1 aromatic heterocycles. The molecule has 2 aliphatic rings. The largest absolute Gasteiger partial charge is 0.350 e. The van der Waals surface area contributed by atoms with Crippen molar-refractivity contribution in [3.8, 4) is 0 Å². The van der Waals surface area contributed by atoms with E-state index in [2.05, 4.69) is 5.32 Å². The van der Waals surface area contributed by atoms with Gasteiger partial charge in [0.05, 0.1) is 0 Å². The lowest BCUT2D eigenvalue weighted by molar-refractivity contribution is 0.0934. The normalized spacial score (nSPS) is 20.7. The van der Waals surface area contributed by atoms with Gasteiger partial charge in [-0.3, -0.25) is 4.79 Å². The molecular weight excluding hydrogens is 278 g/mol. The van der Waals surface area contributed by atoms with Gasteiger partial charge in [0.1, 0.15) is 10.6 Å². The number of sulfonamides is 1. The third-order valence-corrected chi connectivity index (χ3v) is 5.36. The summed E-state index contributed by atoms with van der Waals surface area (Å²) in [6, 6.07) is 1.32. The van der Waals surface area contributed by atoms with Crippen LogP contribution in [0, 0.1) is 11.3 Å². The molecule has 0 saturated heterocycles. The minimum absolute atomic E-state index is 0.0338. The van der Waals surface area contributed by atoms with Gasteiger partial charge in [-0.2, -0.15) is 0 Å². The molecule has 2 saturated carbocycles. The Morgan fingerprint density at radius 1 is 1.50 bits per heavy atom. The van der Waals surface area contributed by atoms with Crippen LogP contribution in [-0.2, 0) is 17.1 Å². The number of nitrogens with two attached hydrogens (primary N) is 1. The zero-order valence-electron chi connectivity index (χ0n) is 11.4. The van der Waals surface area contributed by atoms with Gasteiger partial charge in [-0.1, -0.05) is 0 Å². The van der Waals surface area contributed by atoms with E-state index in [1.807, 2.05) is 0 Å². The molecule has 0 unspecified atom stereocenters. The van der Waals surface area contributed by atoms with E-state index < -0.39 is 10.0 Å². The van der Waals surface area contributed by atoms with Gasteiger partial charge in [-0.15, -0.1) is 0 Å². The molecule has 20 heavy (non-hydrogen) atoms. The number of amides is 1. The van der Waals surface area contributed by atoms with Crippen molar-refractivity contribution in [1.29, 1.82) is 0 Å². The minimum atomic E-state index is -3.77. The van der Waals surface area contributed by atoms with Crippen molar-refractivity contribution in [2.45, 2.75) is 30.6 Å². The van der Waals surface area contributed by atoms with E-state index in [0.717, 1.165) is 5.92 Å². The summed E-state index contributed by atoms with van der Waals surface area (Å²) in [7, 11) is -2.14. The second-order valence-electron chi connectivity index (χ2n) is 6.04. The van der Waals surface area contributed by atoms with Gasteiger partial charge in [0, 0.05) is 19.8 Å². The first-order chi connectivity index (χ1) is 9.32. The number of carbonyl (C=O) groups is 1. The first kappa shape index (κ1) is 13.6. The Labute approximate surface area is 118 Å². The van der Waals surface area contributed by atoms with E-state index in [0.29, 0.717) is 17.7 Å². The van der Waals surface area contributed by atoms with Crippen LogP contribution in [-0.4, -0.2) is 25.4 Å². The van der Waals surface area contributed by atoms with E-state index in [1.54, 1.807) is 7.05 Å². The van der Waals surface area contributed by atoms with E-state index in [-0.39, 0.29) is 10.8 Å². The van der Waals surface area contributed by atoms with Crippen LogP contribution in [0.15, 0.2) is 17.2 Å². The Hall–Kier alpha value is -1.34. The molecule has 1 amide bonds. The number of rotatable bonds is 5. The van der Waals surface area contributed by atoms with Crippen molar-refractivity contribution in [1.82, 2.24) is 9.88 Å². The van der Waals surface area contributed by atoms with Crippen LogP contribution in [0.25, 0.3) is 0 Å². The second kappa shape index (κ2) is 4.33. The van der Waals surface area contributed by atoms with Gasteiger partial charge in [0.15, 0.2) is 0 Å². The molecule has 0 aromatic carbocycles. The van der Waals surface area contributed by atoms with Gasteiger partial charge in [-0.25, -0.2) is 13.6 Å². The Bertz CT molecular complexity index is 654. The summed E-state index contributed by atoms with van der Waals surface area (Å²) in [5, 5.41) is 8.00. The van der Waals surface area contributed by atoms with E-state index >= 15 is 0 Å². The monoisotopic (exact) mass is 297 g/mol. The van der Waals surface area contributed by atoms with Crippen LogP contribution in [0.5, 0.6) is 0 Å². The fourth-order valence-electron chi connectivity index (χ4n) is 2.85. The minimum Gasteiger partial charge on any atom is -0.350 e. The predicted octanol–water partition coefficient (Wildman–Crippen LogP) is 0.592. The third-order valence-electron chi connectivity index (χ3n) is 4.48. The average molecular weight is 297 g/mol. The van der Waals surface area contributed by atoms with Gasteiger partial charge in [0.25, 0.3) is 5.91 Å². The molecule has 2 fully saturated rings. The second-order valence-corrected chi connectivity index (χ2v) is 7.60. The van der Waals surface area contributed by atoms with Gasteiger partial charge in [0.2, 0.25) is 10.0 Å². The number of primary sulfonamides is 1. The maximum absolute atomic E-state index is 12.2. The Balaban J connectivity index is 1.69. The topological polar surface area (TPSA) is 94.2 Å². The number of nitrogens with zero attached hydrogens (tertiary/aromatic N) is 1. The standard InChI is InChI=1S/C13H19N3O3S/c1-16-7-10(20(14,18)19)6-11(16)12(17)15-8-13(4-5-13)9-2-3-9/h6-7,9H,2-5,8H2,1H3,(H,15,17)(H2,14,18,19). The zero-order valence-corrected chi connectivity index (χ0v) is 12.2. The number of carbonyl (C=O) groups excluding carboxylic acids is 1. The molecule has 2 aliphatic carbocycles. The summed E-state index contributed by atoms with van der Waals surface area (Å²) in [4.78, 5) is 12.1. The third kappa shape index (κ3) is 2.47. The SMILES string of the molecule is Cn1cc(S(N)(=O)=O)cc1C(=O)NCC1(C2CC2)CC1. The lowest BCUT2D eigenvalue weighted by Crippen LogP contribution is -2.32. The number of aryl methyl sites for hydroxylation is 1. The lowest BCUT2D eigenvalue weighted by atomic mass is 10.0. The first-order valence-corrected chi connectivity index (χ1v) is 8.34. The highest BCUT2D eigenvalue weighted by molar-refractivity contribution is 7.89. The van der Waals surface area contributed by atoms with Crippen LogP contribution < -0.4 is 10.5 Å². The highest BCUT2D eigenvalue weighted by Gasteiger charge is 2.53. The number of hydrogen-bond donors (Lipinski definition) is 2. The first-order valence-electron chi connectivity index (χ1n) is 6.79. The van der Waals surface area contributed by atoms with Crippen molar-refractivity contribution >= 4 is 15.9 Å². The van der Waals surface area contributed by atoms with Crippen molar-refractivity contribution in [2.75, 3.05) is 6.54 Å². The quantitative estimate of drug-likeness (QED) is 0.833. The molecule has 0 radical (unpaired) electrons. The van der Waals surface area contributed by atoms with Crippen LogP contribution in [0.4, 0.5) is 0 Å². The van der Waals surface area contributed by atoms with Crippen LogP contribution in [0.2, 0.25) is 0 Å². The van der Waals surface area contributed by atoms with Gasteiger partial charge < -0.3 is 9.88 Å². The van der Waals surface area contributed by atoms with E-state index in [9.17, 15) is 13.2 Å². The highest BCUT2D eigenvalue weighted by atomic mass is 32.2. The number of aromatic nitrogens is 1. The molecule has 3 rings (SSSR count). The molecule has 0 atom stereocenters. The Morgan fingerprint density at radius 2 is 2.15 bits per heavy atom. The summed E-state index contributed by atoms with van der Waals surface area (Å²) < 4.78 is 24.0. The molecule has 110 valence electrons. The van der Waals surface area contributed by atoms with Gasteiger partial charge >= 0.3 is 0 Å². The van der Waals surface area contributed by atoms with Crippen LogP contribution in [0.3, 0.4) is 0 Å². The van der Waals surface area contributed by atoms with E-state index in [4.69, 9.17) is 5.14 Å². The summed E-state index contributed by atoms with van der Waals surface area (Å²) in [5.74, 6) is 0.533. The maximum Gasteiger partial charge on any atom is 0.267 e. The predicted molar refractivity (Wildman–Crippen MR) is 73.5 cm³/mol.